The molecule has 4 rings (SSSR count). The van der Waals surface area contributed by atoms with Gasteiger partial charge in [0.15, 0.2) is 0 Å². The van der Waals surface area contributed by atoms with Gasteiger partial charge in [-0.2, -0.15) is 10.1 Å². The van der Waals surface area contributed by atoms with Gasteiger partial charge in [0.25, 0.3) is 5.56 Å². The van der Waals surface area contributed by atoms with E-state index < -0.39 is 0 Å². The van der Waals surface area contributed by atoms with Crippen LogP contribution in [0.2, 0.25) is 0 Å². The van der Waals surface area contributed by atoms with Crippen molar-refractivity contribution < 1.29 is 9.26 Å². The number of aromatic nitrogens is 4. The Balaban J connectivity index is 1.60. The van der Waals surface area contributed by atoms with E-state index >= 15 is 0 Å². The highest BCUT2D eigenvalue weighted by Gasteiger charge is 2.12. The van der Waals surface area contributed by atoms with Crippen LogP contribution < -0.4 is 10.3 Å². The first-order valence-electron chi connectivity index (χ1n) is 8.43. The summed E-state index contributed by atoms with van der Waals surface area (Å²) in [5, 5.41) is 8.41. The van der Waals surface area contributed by atoms with Crippen LogP contribution in [0.5, 0.6) is 5.75 Å². The van der Waals surface area contributed by atoms with Crippen molar-refractivity contribution in [1.29, 1.82) is 0 Å². The van der Waals surface area contributed by atoms with Gasteiger partial charge in [-0.25, -0.2) is 4.68 Å². The van der Waals surface area contributed by atoms with Gasteiger partial charge in [0.05, 0.1) is 12.8 Å². The van der Waals surface area contributed by atoms with Crippen molar-refractivity contribution in [2.24, 2.45) is 0 Å². The van der Waals surface area contributed by atoms with E-state index in [1.54, 1.807) is 13.2 Å². The van der Waals surface area contributed by atoms with Crippen LogP contribution in [0.25, 0.3) is 22.6 Å². The van der Waals surface area contributed by atoms with E-state index in [0.29, 0.717) is 17.4 Å². The van der Waals surface area contributed by atoms with Gasteiger partial charge in [-0.3, -0.25) is 4.79 Å². The third kappa shape index (κ3) is 3.86. The van der Waals surface area contributed by atoms with Crippen LogP contribution in [0.15, 0.2) is 74.5 Å². The maximum absolute atomic E-state index is 12.2. The van der Waals surface area contributed by atoms with Gasteiger partial charge >= 0.3 is 0 Å². The summed E-state index contributed by atoms with van der Waals surface area (Å²) in [5.41, 5.74) is 2.10. The molecule has 0 fully saturated rings. The van der Waals surface area contributed by atoms with Crippen molar-refractivity contribution in [1.82, 2.24) is 19.9 Å². The average molecular weight is 439 g/mol. The van der Waals surface area contributed by atoms with Crippen LogP contribution in [0.1, 0.15) is 5.89 Å². The zero-order chi connectivity index (χ0) is 19.5. The highest BCUT2D eigenvalue weighted by atomic mass is 79.9. The zero-order valence-electron chi connectivity index (χ0n) is 14.9. The second-order valence-corrected chi connectivity index (χ2v) is 6.88. The number of methoxy groups -OCH3 is 1. The molecule has 140 valence electrons. The molecule has 0 N–H and O–H groups in total. The molecule has 0 bridgehead atoms. The fourth-order valence-corrected chi connectivity index (χ4v) is 3.07. The summed E-state index contributed by atoms with van der Waals surface area (Å²) < 4.78 is 12.7. The maximum atomic E-state index is 12.2. The highest BCUT2D eigenvalue weighted by molar-refractivity contribution is 9.10. The lowest BCUT2D eigenvalue weighted by atomic mass is 10.1. The SMILES string of the molecule is COc1ccc(-c2ccc(=O)n(Cc3nc(-c4cccc(Br)c4)no3)n2)cc1. The Kier molecular flexibility index (Phi) is 5.03. The molecule has 0 radical (unpaired) electrons. The Bertz CT molecular complexity index is 1170. The number of rotatable bonds is 5. The van der Waals surface area contributed by atoms with Crippen LogP contribution in [-0.4, -0.2) is 27.0 Å². The number of ether oxygens (including phenoxy) is 1. The van der Waals surface area contributed by atoms with Gasteiger partial charge in [-0.1, -0.05) is 33.2 Å². The minimum atomic E-state index is -0.250. The third-order valence-electron chi connectivity index (χ3n) is 4.09. The van der Waals surface area contributed by atoms with Crippen molar-refractivity contribution >= 4 is 15.9 Å². The van der Waals surface area contributed by atoms with E-state index in [1.165, 1.54) is 10.7 Å². The molecule has 0 spiro atoms. The second-order valence-electron chi connectivity index (χ2n) is 5.97. The first-order valence-corrected chi connectivity index (χ1v) is 9.23. The highest BCUT2D eigenvalue weighted by Crippen LogP contribution is 2.21. The van der Waals surface area contributed by atoms with Crippen LogP contribution in [-0.2, 0) is 6.54 Å². The Morgan fingerprint density at radius 1 is 1.07 bits per heavy atom. The quantitative estimate of drug-likeness (QED) is 0.471. The Morgan fingerprint density at radius 3 is 2.64 bits per heavy atom. The van der Waals surface area contributed by atoms with Crippen molar-refractivity contribution in [3.63, 3.8) is 0 Å². The summed E-state index contributed by atoms with van der Waals surface area (Å²) in [6, 6.07) is 18.2. The van der Waals surface area contributed by atoms with E-state index in [9.17, 15) is 4.79 Å². The number of benzene rings is 2. The summed E-state index contributed by atoms with van der Waals surface area (Å²) in [6.45, 7) is 0.0871. The summed E-state index contributed by atoms with van der Waals surface area (Å²) in [6.07, 6.45) is 0. The smallest absolute Gasteiger partial charge is 0.267 e. The number of hydrogen-bond donors (Lipinski definition) is 0. The van der Waals surface area contributed by atoms with E-state index in [-0.39, 0.29) is 12.1 Å². The zero-order valence-corrected chi connectivity index (χ0v) is 16.5. The fourth-order valence-electron chi connectivity index (χ4n) is 2.67. The topological polar surface area (TPSA) is 83.0 Å². The summed E-state index contributed by atoms with van der Waals surface area (Å²) >= 11 is 3.42. The first-order chi connectivity index (χ1) is 13.6. The Morgan fingerprint density at radius 2 is 1.89 bits per heavy atom. The summed E-state index contributed by atoms with van der Waals surface area (Å²) in [5.74, 6) is 1.51. The molecule has 0 aliphatic heterocycles. The van der Waals surface area contributed by atoms with E-state index in [4.69, 9.17) is 9.26 Å². The van der Waals surface area contributed by atoms with Crippen LogP contribution in [0.4, 0.5) is 0 Å². The number of halogens is 1. The van der Waals surface area contributed by atoms with E-state index in [1.807, 2.05) is 48.5 Å². The summed E-state index contributed by atoms with van der Waals surface area (Å²) in [7, 11) is 1.61. The predicted molar refractivity (Wildman–Crippen MR) is 107 cm³/mol. The molecule has 8 heteroatoms. The lowest BCUT2D eigenvalue weighted by molar-refractivity contribution is 0.363. The summed E-state index contributed by atoms with van der Waals surface area (Å²) in [4.78, 5) is 16.6. The van der Waals surface area contributed by atoms with Gasteiger partial charge in [-0.05, 0) is 42.5 Å². The van der Waals surface area contributed by atoms with Crippen LogP contribution in [0.3, 0.4) is 0 Å². The molecule has 2 heterocycles. The Labute approximate surface area is 168 Å². The first kappa shape index (κ1) is 18.1. The van der Waals surface area contributed by atoms with Gasteiger partial charge in [0, 0.05) is 21.7 Å². The molecule has 2 aromatic carbocycles. The second kappa shape index (κ2) is 7.77. The normalized spacial score (nSPS) is 10.8. The standard InChI is InChI=1S/C20H15BrN4O3/c1-27-16-7-5-13(6-8-16)17-9-10-19(26)25(23-17)12-18-22-20(24-28-18)14-3-2-4-15(21)11-14/h2-11H,12H2,1H3. The molecule has 4 aromatic rings. The van der Waals surface area contributed by atoms with E-state index in [2.05, 4.69) is 31.2 Å². The largest absolute Gasteiger partial charge is 0.497 e. The Hall–Kier alpha value is -3.26. The van der Waals surface area contributed by atoms with Gasteiger partial charge in [0.1, 0.15) is 12.3 Å². The van der Waals surface area contributed by atoms with Crippen LogP contribution in [0, 0.1) is 0 Å². The molecule has 7 nitrogen and oxygen atoms in total. The lowest BCUT2D eigenvalue weighted by Crippen LogP contribution is -2.23. The van der Waals surface area contributed by atoms with Crippen LogP contribution >= 0.6 is 15.9 Å². The van der Waals surface area contributed by atoms with Crippen molar-refractivity contribution in [3.05, 3.63) is 81.4 Å². The molecule has 0 aliphatic rings. The maximum Gasteiger partial charge on any atom is 0.267 e. The molecule has 0 aliphatic carbocycles. The van der Waals surface area contributed by atoms with E-state index in [0.717, 1.165) is 21.3 Å². The fraction of sp³-hybridized carbons (Fsp3) is 0.100. The predicted octanol–water partition coefficient (Wildman–Crippen LogP) is 3.78. The van der Waals surface area contributed by atoms with Gasteiger partial charge in [0.2, 0.25) is 11.7 Å². The van der Waals surface area contributed by atoms with Crippen molar-refractivity contribution in [2.45, 2.75) is 6.54 Å². The molecule has 0 atom stereocenters. The van der Waals surface area contributed by atoms with Crippen molar-refractivity contribution in [2.75, 3.05) is 7.11 Å². The average Bonchev–Trinajstić information content (AvgIpc) is 3.18. The molecule has 28 heavy (non-hydrogen) atoms. The minimum Gasteiger partial charge on any atom is -0.497 e. The van der Waals surface area contributed by atoms with Gasteiger partial charge < -0.3 is 9.26 Å². The molecule has 0 unspecified atom stereocenters. The molecular weight excluding hydrogens is 424 g/mol. The molecule has 0 saturated carbocycles. The monoisotopic (exact) mass is 438 g/mol. The molecular formula is C20H15BrN4O3. The minimum absolute atomic E-state index is 0.0871. The lowest BCUT2D eigenvalue weighted by Gasteiger charge is -2.06. The number of nitrogens with zero attached hydrogens (tertiary/aromatic N) is 4. The molecule has 0 saturated heterocycles. The molecule has 0 amide bonds. The number of hydrogen-bond acceptors (Lipinski definition) is 6. The van der Waals surface area contributed by atoms with Crippen molar-refractivity contribution in [3.8, 4) is 28.4 Å². The molecule has 2 aromatic heterocycles. The van der Waals surface area contributed by atoms with Gasteiger partial charge in [-0.15, -0.1) is 0 Å². The third-order valence-corrected chi connectivity index (χ3v) is 4.58.